The van der Waals surface area contributed by atoms with Crippen molar-refractivity contribution >= 4 is 0 Å². The van der Waals surface area contributed by atoms with Crippen molar-refractivity contribution in [2.24, 2.45) is 5.41 Å². The standard InChI is InChI=1S/C9H12O2/c1-7-3-9(5-10-7)4-8(2)11-6-9/h1-6H2. The molecular formula is C9H12O2. The zero-order valence-corrected chi connectivity index (χ0v) is 6.56. The number of allylic oxidation sites excluding steroid dienone is 2. The largest absolute Gasteiger partial charge is 0.498 e. The first-order valence-corrected chi connectivity index (χ1v) is 3.81. The van der Waals surface area contributed by atoms with Crippen molar-refractivity contribution in [2.45, 2.75) is 12.8 Å². The first-order chi connectivity index (χ1) is 5.20. The zero-order valence-electron chi connectivity index (χ0n) is 6.56. The van der Waals surface area contributed by atoms with Gasteiger partial charge in [0.05, 0.1) is 30.1 Å². The van der Waals surface area contributed by atoms with Crippen LogP contribution in [0.1, 0.15) is 12.8 Å². The van der Waals surface area contributed by atoms with E-state index in [1.807, 2.05) is 0 Å². The van der Waals surface area contributed by atoms with Gasteiger partial charge in [-0.1, -0.05) is 13.2 Å². The highest BCUT2D eigenvalue weighted by atomic mass is 16.5. The van der Waals surface area contributed by atoms with E-state index in [0.29, 0.717) is 0 Å². The Bertz CT molecular complexity index is 194. The number of hydrogen-bond donors (Lipinski definition) is 0. The fourth-order valence-electron chi connectivity index (χ4n) is 1.76. The lowest BCUT2D eigenvalue weighted by atomic mass is 9.86. The third-order valence-electron chi connectivity index (χ3n) is 2.31. The summed E-state index contributed by atoms with van der Waals surface area (Å²) < 4.78 is 10.6. The third-order valence-corrected chi connectivity index (χ3v) is 2.31. The first kappa shape index (κ1) is 6.77. The van der Waals surface area contributed by atoms with Gasteiger partial charge in [-0.05, 0) is 0 Å². The molecule has 1 spiro atoms. The molecule has 0 atom stereocenters. The normalized spacial score (nSPS) is 27.3. The molecule has 60 valence electrons. The Morgan fingerprint density at radius 2 is 1.45 bits per heavy atom. The monoisotopic (exact) mass is 152 g/mol. The van der Waals surface area contributed by atoms with E-state index in [4.69, 9.17) is 9.47 Å². The molecule has 2 heteroatoms. The Balaban J connectivity index is 2.13. The van der Waals surface area contributed by atoms with Gasteiger partial charge in [0.25, 0.3) is 0 Å². The predicted molar refractivity (Wildman–Crippen MR) is 41.9 cm³/mol. The van der Waals surface area contributed by atoms with Gasteiger partial charge in [-0.3, -0.25) is 0 Å². The lowest BCUT2D eigenvalue weighted by molar-refractivity contribution is 0.147. The summed E-state index contributed by atoms with van der Waals surface area (Å²) in [4.78, 5) is 0. The van der Waals surface area contributed by atoms with Gasteiger partial charge < -0.3 is 9.47 Å². The molecule has 0 radical (unpaired) electrons. The smallest absolute Gasteiger partial charge is 0.0974 e. The summed E-state index contributed by atoms with van der Waals surface area (Å²) in [7, 11) is 0. The van der Waals surface area contributed by atoms with Crippen molar-refractivity contribution in [1.82, 2.24) is 0 Å². The van der Waals surface area contributed by atoms with Crippen LogP contribution in [0.5, 0.6) is 0 Å². The van der Waals surface area contributed by atoms with Crippen molar-refractivity contribution in [1.29, 1.82) is 0 Å². The van der Waals surface area contributed by atoms with Crippen LogP contribution in [0.4, 0.5) is 0 Å². The first-order valence-electron chi connectivity index (χ1n) is 3.81. The molecule has 0 aromatic carbocycles. The SMILES string of the molecule is C=C1CC2(CO1)COC(=C)C2. The second-order valence-corrected chi connectivity index (χ2v) is 3.51. The molecule has 2 fully saturated rings. The molecule has 0 amide bonds. The van der Waals surface area contributed by atoms with Gasteiger partial charge in [0.15, 0.2) is 0 Å². The van der Waals surface area contributed by atoms with E-state index >= 15 is 0 Å². The number of ether oxygens (including phenoxy) is 2. The van der Waals surface area contributed by atoms with E-state index in [9.17, 15) is 0 Å². The van der Waals surface area contributed by atoms with E-state index in [-0.39, 0.29) is 5.41 Å². The van der Waals surface area contributed by atoms with Crippen LogP contribution in [0.3, 0.4) is 0 Å². The minimum Gasteiger partial charge on any atom is -0.498 e. The average molecular weight is 152 g/mol. The summed E-state index contributed by atoms with van der Waals surface area (Å²) >= 11 is 0. The molecule has 2 aliphatic heterocycles. The van der Waals surface area contributed by atoms with Crippen LogP contribution in [0, 0.1) is 5.41 Å². The van der Waals surface area contributed by atoms with Gasteiger partial charge in [-0.15, -0.1) is 0 Å². The Morgan fingerprint density at radius 3 is 1.73 bits per heavy atom. The molecular weight excluding hydrogens is 140 g/mol. The van der Waals surface area contributed by atoms with E-state index in [2.05, 4.69) is 13.2 Å². The van der Waals surface area contributed by atoms with Gasteiger partial charge in [-0.2, -0.15) is 0 Å². The molecule has 0 N–H and O–H groups in total. The summed E-state index contributed by atoms with van der Waals surface area (Å²) in [6, 6.07) is 0. The molecule has 2 rings (SSSR count). The van der Waals surface area contributed by atoms with Crippen LogP contribution in [0.15, 0.2) is 24.7 Å². The Morgan fingerprint density at radius 1 is 1.00 bits per heavy atom. The molecule has 0 bridgehead atoms. The van der Waals surface area contributed by atoms with Crippen LogP contribution in [-0.2, 0) is 9.47 Å². The van der Waals surface area contributed by atoms with Crippen molar-refractivity contribution in [3.63, 3.8) is 0 Å². The van der Waals surface area contributed by atoms with Crippen LogP contribution >= 0.6 is 0 Å². The minimum absolute atomic E-state index is 0.189. The average Bonchev–Trinajstić information content (AvgIpc) is 2.44. The zero-order chi connectivity index (χ0) is 7.90. The fraction of sp³-hybridized carbons (Fsp3) is 0.556. The van der Waals surface area contributed by atoms with E-state index in [1.165, 1.54) is 0 Å². The highest BCUT2D eigenvalue weighted by molar-refractivity contribution is 5.08. The molecule has 0 aromatic rings. The molecule has 2 nitrogen and oxygen atoms in total. The maximum Gasteiger partial charge on any atom is 0.0974 e. The summed E-state index contributed by atoms with van der Waals surface area (Å²) in [5, 5.41) is 0. The van der Waals surface area contributed by atoms with E-state index < -0.39 is 0 Å². The molecule has 0 unspecified atom stereocenters. The van der Waals surface area contributed by atoms with Crippen molar-refractivity contribution in [3.05, 3.63) is 24.7 Å². The Hall–Kier alpha value is -0.920. The lowest BCUT2D eigenvalue weighted by Gasteiger charge is -2.13. The van der Waals surface area contributed by atoms with Gasteiger partial charge in [0.2, 0.25) is 0 Å². The second kappa shape index (κ2) is 2.03. The highest BCUT2D eigenvalue weighted by Gasteiger charge is 2.43. The maximum atomic E-state index is 5.32. The van der Waals surface area contributed by atoms with Crippen LogP contribution in [0.2, 0.25) is 0 Å². The van der Waals surface area contributed by atoms with Crippen LogP contribution in [0.25, 0.3) is 0 Å². The van der Waals surface area contributed by atoms with Gasteiger partial charge in [0, 0.05) is 12.8 Å². The number of rotatable bonds is 0. The molecule has 2 saturated heterocycles. The summed E-state index contributed by atoms with van der Waals surface area (Å²) in [5.41, 5.74) is 0.189. The molecule has 0 aromatic heterocycles. The van der Waals surface area contributed by atoms with Gasteiger partial charge in [-0.25, -0.2) is 0 Å². The quantitative estimate of drug-likeness (QED) is 0.527. The van der Waals surface area contributed by atoms with Gasteiger partial charge in [0.1, 0.15) is 0 Å². The van der Waals surface area contributed by atoms with E-state index in [1.54, 1.807) is 0 Å². The third kappa shape index (κ3) is 1.02. The van der Waals surface area contributed by atoms with Crippen molar-refractivity contribution < 1.29 is 9.47 Å². The minimum atomic E-state index is 0.189. The highest BCUT2D eigenvalue weighted by Crippen LogP contribution is 2.44. The second-order valence-electron chi connectivity index (χ2n) is 3.51. The molecule has 0 saturated carbocycles. The summed E-state index contributed by atoms with van der Waals surface area (Å²) in [5.74, 6) is 1.78. The van der Waals surface area contributed by atoms with Crippen molar-refractivity contribution in [2.75, 3.05) is 13.2 Å². The lowest BCUT2D eigenvalue weighted by Crippen LogP contribution is -2.19. The van der Waals surface area contributed by atoms with E-state index in [0.717, 1.165) is 37.6 Å². The predicted octanol–water partition coefficient (Wildman–Crippen LogP) is 1.84. The summed E-state index contributed by atoms with van der Waals surface area (Å²) in [6.45, 7) is 9.09. The van der Waals surface area contributed by atoms with Crippen LogP contribution in [-0.4, -0.2) is 13.2 Å². The van der Waals surface area contributed by atoms with Crippen LogP contribution < -0.4 is 0 Å². The van der Waals surface area contributed by atoms with Gasteiger partial charge >= 0.3 is 0 Å². The maximum absolute atomic E-state index is 5.32. The van der Waals surface area contributed by atoms with Crippen molar-refractivity contribution in [3.8, 4) is 0 Å². The Labute approximate surface area is 66.5 Å². The molecule has 2 aliphatic rings. The molecule has 2 heterocycles. The summed E-state index contributed by atoms with van der Waals surface area (Å²) in [6.07, 6.45) is 1.87. The molecule has 11 heavy (non-hydrogen) atoms. The Kier molecular flexibility index (Phi) is 1.25. The fourth-order valence-corrected chi connectivity index (χ4v) is 1.76. The molecule has 0 aliphatic carbocycles. The number of hydrogen-bond acceptors (Lipinski definition) is 2. The topological polar surface area (TPSA) is 18.5 Å².